The van der Waals surface area contributed by atoms with Crippen molar-refractivity contribution in [2.75, 3.05) is 14.2 Å². The minimum absolute atomic E-state index is 0.109. The lowest BCUT2D eigenvalue weighted by Gasteiger charge is -2.22. The third kappa shape index (κ3) is 3.36. The maximum absolute atomic E-state index is 13.0. The molecule has 0 bridgehead atoms. The zero-order valence-corrected chi connectivity index (χ0v) is 15.3. The van der Waals surface area contributed by atoms with Gasteiger partial charge in [0.1, 0.15) is 11.3 Å². The number of benzene rings is 2. The molecule has 7 heteroatoms. The van der Waals surface area contributed by atoms with Gasteiger partial charge in [0, 0.05) is 0 Å². The van der Waals surface area contributed by atoms with Crippen molar-refractivity contribution >= 4 is 17.9 Å². The van der Waals surface area contributed by atoms with Crippen LogP contribution in [0, 0.1) is 0 Å². The molecule has 1 N–H and O–H groups in total. The van der Waals surface area contributed by atoms with Gasteiger partial charge in [-0.2, -0.15) is 0 Å². The molecule has 0 radical (unpaired) electrons. The highest BCUT2D eigenvalue weighted by Gasteiger charge is 2.48. The van der Waals surface area contributed by atoms with Crippen molar-refractivity contribution in [1.82, 2.24) is 10.2 Å². The first-order valence-electron chi connectivity index (χ1n) is 8.35. The lowest BCUT2D eigenvalue weighted by atomic mass is 9.92. The maximum Gasteiger partial charge on any atom is 0.337 e. The molecule has 1 heterocycles. The average molecular weight is 368 g/mol. The molecular weight excluding hydrogens is 348 g/mol. The van der Waals surface area contributed by atoms with Gasteiger partial charge in [0.25, 0.3) is 5.91 Å². The van der Waals surface area contributed by atoms with Crippen molar-refractivity contribution in [3.63, 3.8) is 0 Å². The quantitative estimate of drug-likeness (QED) is 0.647. The Bertz CT molecular complexity index is 876. The minimum Gasteiger partial charge on any atom is -0.497 e. The normalized spacial score (nSPS) is 19.0. The van der Waals surface area contributed by atoms with Gasteiger partial charge in [0.15, 0.2) is 0 Å². The number of nitrogens with one attached hydrogen (secondary N) is 1. The fourth-order valence-electron chi connectivity index (χ4n) is 3.01. The summed E-state index contributed by atoms with van der Waals surface area (Å²) in [6, 6.07) is 13.1. The number of imide groups is 1. The number of nitrogens with zero attached hydrogens (tertiary/aromatic N) is 1. The minimum atomic E-state index is -1.14. The van der Waals surface area contributed by atoms with Crippen molar-refractivity contribution < 1.29 is 23.9 Å². The molecule has 1 fully saturated rings. The predicted molar refractivity (Wildman–Crippen MR) is 97.2 cm³/mol. The van der Waals surface area contributed by atoms with Crippen LogP contribution in [0.4, 0.5) is 4.79 Å². The van der Waals surface area contributed by atoms with Gasteiger partial charge in [-0.05, 0) is 42.3 Å². The Balaban J connectivity index is 1.80. The van der Waals surface area contributed by atoms with E-state index in [-0.39, 0.29) is 12.5 Å². The number of carbonyl (C=O) groups is 3. The number of hydrogen-bond acceptors (Lipinski definition) is 5. The second-order valence-electron chi connectivity index (χ2n) is 6.36. The van der Waals surface area contributed by atoms with E-state index in [1.165, 1.54) is 7.11 Å². The monoisotopic (exact) mass is 368 g/mol. The zero-order chi connectivity index (χ0) is 19.6. The third-order valence-corrected chi connectivity index (χ3v) is 4.66. The van der Waals surface area contributed by atoms with Crippen LogP contribution in [0.1, 0.15) is 28.4 Å². The van der Waals surface area contributed by atoms with Crippen molar-refractivity contribution in [2.24, 2.45) is 0 Å². The number of rotatable bonds is 5. The molecule has 0 aromatic heterocycles. The first-order chi connectivity index (χ1) is 12.9. The number of carbonyl (C=O) groups excluding carboxylic acids is 3. The van der Waals surface area contributed by atoms with Gasteiger partial charge in [0.2, 0.25) is 0 Å². The van der Waals surface area contributed by atoms with E-state index in [0.29, 0.717) is 16.9 Å². The topological polar surface area (TPSA) is 84.9 Å². The predicted octanol–water partition coefficient (Wildman–Crippen LogP) is 2.45. The molecule has 2 aromatic carbocycles. The summed E-state index contributed by atoms with van der Waals surface area (Å²) in [6.45, 7) is 1.78. The second kappa shape index (κ2) is 7.11. The Morgan fingerprint density at radius 3 is 2.22 bits per heavy atom. The summed E-state index contributed by atoms with van der Waals surface area (Å²) < 4.78 is 9.79. The van der Waals surface area contributed by atoms with Crippen LogP contribution in [0.15, 0.2) is 48.5 Å². The highest BCUT2D eigenvalue weighted by atomic mass is 16.5. The SMILES string of the molecule is COC(=O)c1ccc(CN2C(=O)N[C@](C)(c3ccc(OC)cc3)C2=O)cc1. The van der Waals surface area contributed by atoms with Gasteiger partial charge in [-0.25, -0.2) is 9.59 Å². The molecule has 27 heavy (non-hydrogen) atoms. The molecule has 7 nitrogen and oxygen atoms in total. The summed E-state index contributed by atoms with van der Waals surface area (Å²) in [5, 5.41) is 2.77. The highest BCUT2D eigenvalue weighted by Crippen LogP contribution is 2.30. The van der Waals surface area contributed by atoms with Gasteiger partial charge in [-0.15, -0.1) is 0 Å². The Morgan fingerprint density at radius 1 is 1.04 bits per heavy atom. The number of hydrogen-bond donors (Lipinski definition) is 1. The Hall–Kier alpha value is -3.35. The maximum atomic E-state index is 13.0. The van der Waals surface area contributed by atoms with Crippen LogP contribution in [0.2, 0.25) is 0 Å². The van der Waals surface area contributed by atoms with E-state index in [9.17, 15) is 14.4 Å². The Morgan fingerprint density at radius 2 is 1.67 bits per heavy atom. The molecule has 1 saturated heterocycles. The number of ether oxygens (including phenoxy) is 2. The van der Waals surface area contributed by atoms with Gasteiger partial charge in [0.05, 0.1) is 26.3 Å². The number of esters is 1. The second-order valence-corrected chi connectivity index (χ2v) is 6.36. The van der Waals surface area contributed by atoms with Crippen LogP contribution in [-0.4, -0.2) is 37.0 Å². The molecule has 0 unspecified atom stereocenters. The first kappa shape index (κ1) is 18.4. The lowest BCUT2D eigenvalue weighted by molar-refractivity contribution is -0.131. The zero-order valence-electron chi connectivity index (χ0n) is 15.3. The lowest BCUT2D eigenvalue weighted by Crippen LogP contribution is -2.40. The van der Waals surface area contributed by atoms with E-state index in [4.69, 9.17) is 4.74 Å². The van der Waals surface area contributed by atoms with E-state index in [2.05, 4.69) is 10.1 Å². The fraction of sp³-hybridized carbons (Fsp3) is 0.250. The summed E-state index contributed by atoms with van der Waals surface area (Å²) in [7, 11) is 2.87. The van der Waals surface area contributed by atoms with E-state index >= 15 is 0 Å². The fourth-order valence-corrected chi connectivity index (χ4v) is 3.01. The summed E-state index contributed by atoms with van der Waals surface area (Å²) in [5.74, 6) is -0.111. The van der Waals surface area contributed by atoms with Crippen molar-refractivity contribution in [3.05, 3.63) is 65.2 Å². The van der Waals surface area contributed by atoms with Crippen LogP contribution < -0.4 is 10.1 Å². The van der Waals surface area contributed by atoms with Gasteiger partial charge >= 0.3 is 12.0 Å². The smallest absolute Gasteiger partial charge is 0.337 e. The van der Waals surface area contributed by atoms with E-state index in [1.54, 1.807) is 62.6 Å². The van der Waals surface area contributed by atoms with Gasteiger partial charge in [-0.3, -0.25) is 9.69 Å². The van der Waals surface area contributed by atoms with Gasteiger partial charge in [-0.1, -0.05) is 24.3 Å². The van der Waals surface area contributed by atoms with E-state index in [1.807, 2.05) is 0 Å². The Kier molecular flexibility index (Phi) is 4.85. The number of methoxy groups -OCH3 is 2. The van der Waals surface area contributed by atoms with E-state index < -0.39 is 17.5 Å². The molecular formula is C20H20N2O5. The molecule has 1 atom stereocenters. The van der Waals surface area contributed by atoms with Crippen LogP contribution in [0.5, 0.6) is 5.75 Å². The summed E-state index contributed by atoms with van der Waals surface area (Å²) in [6.07, 6.45) is 0. The molecule has 0 aliphatic carbocycles. The van der Waals surface area contributed by atoms with Crippen molar-refractivity contribution in [1.29, 1.82) is 0 Å². The standard InChI is InChI=1S/C20H20N2O5/c1-20(15-8-10-16(26-2)11-9-15)18(24)22(19(25)21-20)12-13-4-6-14(7-5-13)17(23)27-3/h4-11H,12H2,1-3H3,(H,21,25)/t20-/m1/s1. The van der Waals surface area contributed by atoms with Crippen LogP contribution >= 0.6 is 0 Å². The van der Waals surface area contributed by atoms with Crippen molar-refractivity contribution in [3.8, 4) is 5.75 Å². The molecule has 3 rings (SSSR count). The molecule has 1 aliphatic rings. The molecule has 1 aliphatic heterocycles. The summed E-state index contributed by atoms with van der Waals surface area (Å²) in [5.41, 5.74) is 0.659. The van der Waals surface area contributed by atoms with Crippen LogP contribution in [0.25, 0.3) is 0 Å². The Labute approximate surface area is 156 Å². The number of urea groups is 1. The van der Waals surface area contributed by atoms with E-state index in [0.717, 1.165) is 10.5 Å². The molecule has 3 amide bonds. The number of amides is 3. The first-order valence-corrected chi connectivity index (χ1v) is 8.35. The summed E-state index contributed by atoms with van der Waals surface area (Å²) in [4.78, 5) is 38.0. The van der Waals surface area contributed by atoms with Crippen LogP contribution in [0.3, 0.4) is 0 Å². The molecule has 2 aromatic rings. The third-order valence-electron chi connectivity index (χ3n) is 4.66. The van der Waals surface area contributed by atoms with Crippen LogP contribution in [-0.2, 0) is 21.6 Å². The van der Waals surface area contributed by atoms with Crippen molar-refractivity contribution in [2.45, 2.75) is 19.0 Å². The largest absolute Gasteiger partial charge is 0.497 e. The average Bonchev–Trinajstić information content (AvgIpc) is 2.92. The molecule has 0 saturated carbocycles. The summed E-state index contributed by atoms with van der Waals surface area (Å²) >= 11 is 0. The highest BCUT2D eigenvalue weighted by molar-refractivity contribution is 6.07. The van der Waals surface area contributed by atoms with Gasteiger partial charge < -0.3 is 14.8 Å². The molecule has 140 valence electrons. The molecule has 0 spiro atoms.